The molecule has 14 heteroatoms. The molecule has 1 aliphatic rings. The highest BCUT2D eigenvalue weighted by Crippen LogP contribution is 2.39. The second-order valence-electron chi connectivity index (χ2n) is 8.38. The van der Waals surface area contributed by atoms with Crippen LogP contribution in [-0.4, -0.2) is 51.3 Å². The third-order valence-electron chi connectivity index (χ3n) is 5.65. The molecule has 0 bridgehead atoms. The number of benzene rings is 2. The molecular formula is C25H22F6N4O4. The molecule has 0 unspecified atom stereocenters. The third-order valence-corrected chi connectivity index (χ3v) is 5.65. The van der Waals surface area contributed by atoms with Crippen LogP contribution in [0.5, 0.6) is 11.5 Å². The van der Waals surface area contributed by atoms with Crippen molar-refractivity contribution in [3.8, 4) is 11.5 Å². The molecule has 0 spiro atoms. The Morgan fingerprint density at radius 2 is 1.54 bits per heavy atom. The average Bonchev–Trinajstić information content (AvgIpc) is 2.89. The number of nitrogens with two attached hydrogens (primary N) is 1. The first-order chi connectivity index (χ1) is 18.3. The summed E-state index contributed by atoms with van der Waals surface area (Å²) < 4.78 is 78.2. The molecule has 1 aliphatic heterocycles. The Kier molecular flexibility index (Phi) is 8.99. The number of hydrogen-bond acceptors (Lipinski definition) is 6. The number of carboxylic acids is 1. The second-order valence-corrected chi connectivity index (χ2v) is 8.38. The number of para-hydroxylation sites is 1. The Balaban J connectivity index is 0.000000532. The number of rotatable bonds is 4. The maximum atomic E-state index is 13.7. The quantitative estimate of drug-likeness (QED) is 0.406. The van der Waals surface area contributed by atoms with Crippen LogP contribution in [0, 0.1) is 0 Å². The minimum absolute atomic E-state index is 0.0246. The Morgan fingerprint density at radius 3 is 2.05 bits per heavy atom. The summed E-state index contributed by atoms with van der Waals surface area (Å²) >= 11 is 0. The lowest BCUT2D eigenvalue weighted by Gasteiger charge is -2.31. The minimum atomic E-state index is -5.08. The lowest BCUT2D eigenvalue weighted by atomic mass is 9.93. The summed E-state index contributed by atoms with van der Waals surface area (Å²) in [6, 6.07) is 15.1. The summed E-state index contributed by atoms with van der Waals surface area (Å²) in [5.41, 5.74) is 5.35. The Morgan fingerprint density at radius 1 is 0.923 bits per heavy atom. The molecule has 1 aromatic heterocycles. The van der Waals surface area contributed by atoms with Crippen LogP contribution in [0.3, 0.4) is 0 Å². The van der Waals surface area contributed by atoms with Crippen LogP contribution < -0.4 is 10.5 Å². The van der Waals surface area contributed by atoms with Crippen molar-refractivity contribution in [2.75, 3.05) is 18.8 Å². The second kappa shape index (κ2) is 12.0. The zero-order valence-electron chi connectivity index (χ0n) is 20.0. The van der Waals surface area contributed by atoms with E-state index in [2.05, 4.69) is 10.2 Å². The van der Waals surface area contributed by atoms with Crippen molar-refractivity contribution < 1.29 is 45.8 Å². The first kappa shape index (κ1) is 29.2. The number of nitrogens with zero attached hydrogens (tertiary/aromatic N) is 3. The van der Waals surface area contributed by atoms with E-state index in [1.807, 2.05) is 6.07 Å². The van der Waals surface area contributed by atoms with Crippen LogP contribution in [0.4, 0.5) is 32.2 Å². The summed E-state index contributed by atoms with van der Waals surface area (Å²) in [6.07, 6.45) is -8.46. The molecule has 3 N–H and O–H groups in total. The van der Waals surface area contributed by atoms with E-state index in [4.69, 9.17) is 20.4 Å². The summed E-state index contributed by atoms with van der Waals surface area (Å²) in [7, 11) is 0. The van der Waals surface area contributed by atoms with Gasteiger partial charge in [0.2, 0.25) is 0 Å². The first-order valence-corrected chi connectivity index (χ1v) is 11.4. The molecule has 2 aromatic carbocycles. The number of nitrogen functional groups attached to an aromatic ring is 1. The molecule has 0 radical (unpaired) electrons. The molecular weight excluding hydrogens is 534 g/mol. The number of piperidine rings is 1. The van der Waals surface area contributed by atoms with Crippen LogP contribution in [0.2, 0.25) is 0 Å². The van der Waals surface area contributed by atoms with E-state index in [1.54, 1.807) is 41.3 Å². The molecule has 4 rings (SSSR count). The largest absolute Gasteiger partial charge is 0.490 e. The zero-order chi connectivity index (χ0) is 28.8. The first-order valence-electron chi connectivity index (χ1n) is 11.4. The van der Waals surface area contributed by atoms with Gasteiger partial charge in [0.05, 0.1) is 11.3 Å². The van der Waals surface area contributed by atoms with Gasteiger partial charge in [0, 0.05) is 24.6 Å². The van der Waals surface area contributed by atoms with Crippen LogP contribution >= 0.6 is 0 Å². The van der Waals surface area contributed by atoms with Crippen molar-refractivity contribution in [2.24, 2.45) is 0 Å². The Labute approximate surface area is 218 Å². The summed E-state index contributed by atoms with van der Waals surface area (Å²) in [4.78, 5) is 23.4. The predicted molar refractivity (Wildman–Crippen MR) is 126 cm³/mol. The fraction of sp³-hybridized carbons (Fsp3) is 0.280. The number of anilines is 1. The standard InChI is InChI=1S/C23H21F3N4O2.C2HF3O2/c24-23(25,26)18-14-16(6-8-20(18)32-17-4-2-1-3-5-17)22(31)30-12-10-15(11-13-30)19-7-9-21(27)29-28-19;3-2(4,5)1(6)7/h1-9,14-15H,10-13H2,(H2,27,29);(H,6,7). The number of ether oxygens (including phenoxy) is 1. The van der Waals surface area contributed by atoms with Gasteiger partial charge in [-0.25, -0.2) is 4.79 Å². The van der Waals surface area contributed by atoms with Gasteiger partial charge in [-0.05, 0) is 55.3 Å². The van der Waals surface area contributed by atoms with Gasteiger partial charge < -0.3 is 20.5 Å². The maximum absolute atomic E-state index is 13.7. The van der Waals surface area contributed by atoms with E-state index in [1.165, 1.54) is 12.1 Å². The van der Waals surface area contributed by atoms with Crippen molar-refractivity contribution in [3.63, 3.8) is 0 Å². The van der Waals surface area contributed by atoms with E-state index in [9.17, 15) is 31.1 Å². The highest BCUT2D eigenvalue weighted by molar-refractivity contribution is 5.94. The zero-order valence-corrected chi connectivity index (χ0v) is 20.0. The monoisotopic (exact) mass is 556 g/mol. The smallest absolute Gasteiger partial charge is 0.475 e. The fourth-order valence-corrected chi connectivity index (χ4v) is 3.72. The number of amides is 1. The Hall–Kier alpha value is -4.36. The summed E-state index contributed by atoms with van der Waals surface area (Å²) in [5.74, 6) is -2.80. The van der Waals surface area contributed by atoms with E-state index in [-0.39, 0.29) is 23.0 Å². The highest BCUT2D eigenvalue weighted by atomic mass is 19.4. The van der Waals surface area contributed by atoms with Crippen LogP contribution in [0.1, 0.15) is 40.4 Å². The molecule has 0 atom stereocenters. The number of aliphatic carboxylic acids is 1. The van der Waals surface area contributed by atoms with Crippen molar-refractivity contribution in [3.05, 3.63) is 77.5 Å². The number of aromatic nitrogens is 2. The van der Waals surface area contributed by atoms with Gasteiger partial charge in [-0.2, -0.15) is 31.4 Å². The fourth-order valence-electron chi connectivity index (χ4n) is 3.72. The molecule has 1 fully saturated rings. The van der Waals surface area contributed by atoms with Gasteiger partial charge in [0.25, 0.3) is 5.91 Å². The van der Waals surface area contributed by atoms with Gasteiger partial charge in [-0.1, -0.05) is 18.2 Å². The molecule has 39 heavy (non-hydrogen) atoms. The van der Waals surface area contributed by atoms with E-state index in [0.29, 0.717) is 31.7 Å². The predicted octanol–water partition coefficient (Wildman–Crippen LogP) is 5.52. The lowest BCUT2D eigenvalue weighted by Crippen LogP contribution is -2.38. The van der Waals surface area contributed by atoms with Gasteiger partial charge in [0.1, 0.15) is 17.3 Å². The molecule has 3 aromatic rings. The number of hydrogen-bond donors (Lipinski definition) is 2. The van der Waals surface area contributed by atoms with Crippen LogP contribution in [0.15, 0.2) is 60.7 Å². The number of halogens is 6. The number of likely N-dealkylation sites (tertiary alicyclic amines) is 1. The SMILES string of the molecule is Nc1ccc(C2CCN(C(=O)c3ccc(Oc4ccccc4)c(C(F)(F)F)c3)CC2)nn1.O=C(O)C(F)(F)F. The van der Waals surface area contributed by atoms with E-state index in [0.717, 1.165) is 11.8 Å². The molecule has 0 saturated carbocycles. The molecule has 1 saturated heterocycles. The molecule has 0 aliphatic carbocycles. The number of carbonyl (C=O) groups is 2. The molecule has 208 valence electrons. The number of carboxylic acid groups (broad SMARTS) is 1. The van der Waals surface area contributed by atoms with Gasteiger partial charge in [0.15, 0.2) is 0 Å². The summed E-state index contributed by atoms with van der Waals surface area (Å²) in [5, 5.41) is 15.1. The summed E-state index contributed by atoms with van der Waals surface area (Å²) in [6.45, 7) is 0.832. The molecule has 1 amide bonds. The third kappa shape index (κ3) is 8.06. The van der Waals surface area contributed by atoms with Crippen molar-refractivity contribution >= 4 is 17.7 Å². The van der Waals surface area contributed by atoms with Gasteiger partial charge >= 0.3 is 18.3 Å². The van der Waals surface area contributed by atoms with Crippen molar-refractivity contribution in [1.82, 2.24) is 15.1 Å². The van der Waals surface area contributed by atoms with Crippen LogP contribution in [0.25, 0.3) is 0 Å². The van der Waals surface area contributed by atoms with Gasteiger partial charge in [-0.15, -0.1) is 5.10 Å². The highest BCUT2D eigenvalue weighted by Gasteiger charge is 2.38. The normalized spacial score (nSPS) is 14.3. The van der Waals surface area contributed by atoms with E-state index >= 15 is 0 Å². The van der Waals surface area contributed by atoms with Crippen molar-refractivity contribution in [1.29, 1.82) is 0 Å². The number of alkyl halides is 6. The average molecular weight is 556 g/mol. The maximum Gasteiger partial charge on any atom is 0.490 e. The van der Waals surface area contributed by atoms with E-state index < -0.39 is 29.8 Å². The minimum Gasteiger partial charge on any atom is -0.475 e. The Bertz CT molecular complexity index is 1280. The molecule has 8 nitrogen and oxygen atoms in total. The van der Waals surface area contributed by atoms with Gasteiger partial charge in [-0.3, -0.25) is 4.79 Å². The number of carbonyl (C=O) groups excluding carboxylic acids is 1. The van der Waals surface area contributed by atoms with Crippen LogP contribution in [-0.2, 0) is 11.0 Å². The topological polar surface area (TPSA) is 119 Å². The molecule has 2 heterocycles. The van der Waals surface area contributed by atoms with Crippen molar-refractivity contribution in [2.45, 2.75) is 31.1 Å². The lowest BCUT2D eigenvalue weighted by molar-refractivity contribution is -0.192.